The van der Waals surface area contributed by atoms with Gasteiger partial charge in [0.1, 0.15) is 5.75 Å². The molecule has 1 rings (SSSR count). The molecule has 1 aromatic carbocycles. The lowest BCUT2D eigenvalue weighted by atomic mass is 9.82. The van der Waals surface area contributed by atoms with Crippen molar-refractivity contribution in [3.63, 3.8) is 0 Å². The maximum absolute atomic E-state index is 13.3. The molecule has 14 nitrogen and oxygen atoms in total. The van der Waals surface area contributed by atoms with Gasteiger partial charge in [-0.1, -0.05) is 0 Å². The van der Waals surface area contributed by atoms with Crippen molar-refractivity contribution < 1.29 is 38.4 Å². The molecule has 0 aromatic heterocycles. The fraction of sp³-hybridized carbons (Fsp3) is 0.667. The highest BCUT2D eigenvalue weighted by Crippen LogP contribution is 2.27. The van der Waals surface area contributed by atoms with E-state index >= 15 is 0 Å². The van der Waals surface area contributed by atoms with Crippen LogP contribution in [-0.2, 0) is 28.7 Å². The van der Waals surface area contributed by atoms with Crippen molar-refractivity contribution in [3.05, 3.63) is 34.4 Å². The predicted molar refractivity (Wildman–Crippen MR) is 176 cm³/mol. The van der Waals surface area contributed by atoms with Gasteiger partial charge in [0.05, 0.1) is 4.92 Å². The molecule has 0 radical (unpaired) electrons. The van der Waals surface area contributed by atoms with E-state index in [2.05, 4.69) is 21.3 Å². The molecule has 4 amide bonds. The van der Waals surface area contributed by atoms with Crippen LogP contribution < -0.4 is 26.0 Å². The van der Waals surface area contributed by atoms with E-state index in [4.69, 9.17) is 9.47 Å². The van der Waals surface area contributed by atoms with Crippen LogP contribution in [0.15, 0.2) is 24.3 Å². The van der Waals surface area contributed by atoms with Crippen LogP contribution in [0, 0.1) is 10.1 Å². The fourth-order valence-electron chi connectivity index (χ4n) is 4.84. The molecule has 0 aliphatic carbocycles. The predicted octanol–water partition coefficient (Wildman–Crippen LogP) is 3.85. The van der Waals surface area contributed by atoms with E-state index in [0.29, 0.717) is 13.0 Å². The standard InChI is InChI=1S/C33H53N5O9/c1-23(2)34-27(39)15-18-33(19-16-28(40)35-24(3)4,20-17-30(42)36-32(5,6)21-22-46-7)37-29(41)9-8-10-31(43)47-26-13-11-25(12-14-26)38(44)45/h11-14,23-24H,8-10,15-22H2,1-7H3,(H,34,39)(H,35,40)(H,36,42)(H,37,41). The van der Waals surface area contributed by atoms with Crippen molar-refractivity contribution in [2.24, 2.45) is 0 Å². The van der Waals surface area contributed by atoms with Gasteiger partial charge < -0.3 is 30.7 Å². The molecule has 0 aliphatic heterocycles. The van der Waals surface area contributed by atoms with Gasteiger partial charge in [-0.05, 0) is 85.8 Å². The van der Waals surface area contributed by atoms with Crippen LogP contribution in [0.2, 0.25) is 0 Å². The molecule has 0 bridgehead atoms. The van der Waals surface area contributed by atoms with Crippen LogP contribution in [0.25, 0.3) is 0 Å². The quantitative estimate of drug-likeness (QED) is 0.0617. The van der Waals surface area contributed by atoms with Crippen LogP contribution >= 0.6 is 0 Å². The Bertz CT molecular complexity index is 1170. The zero-order valence-corrected chi connectivity index (χ0v) is 28.9. The lowest BCUT2D eigenvalue weighted by Gasteiger charge is -2.36. The molecule has 0 unspecified atom stereocenters. The molecule has 0 aliphatic rings. The fourth-order valence-corrected chi connectivity index (χ4v) is 4.84. The average Bonchev–Trinajstić information content (AvgIpc) is 2.96. The van der Waals surface area contributed by atoms with Gasteiger partial charge in [-0.15, -0.1) is 0 Å². The molecule has 0 saturated carbocycles. The van der Waals surface area contributed by atoms with Crippen LogP contribution in [0.3, 0.4) is 0 Å². The minimum Gasteiger partial charge on any atom is -0.427 e. The third-order valence-corrected chi connectivity index (χ3v) is 7.27. The smallest absolute Gasteiger partial charge is 0.311 e. The number of methoxy groups -OCH3 is 1. The van der Waals surface area contributed by atoms with Crippen LogP contribution in [0.5, 0.6) is 5.75 Å². The largest absolute Gasteiger partial charge is 0.427 e. The number of nitro benzene ring substituents is 1. The molecule has 0 fully saturated rings. The van der Waals surface area contributed by atoms with Crippen LogP contribution in [-0.4, -0.2) is 71.4 Å². The minimum absolute atomic E-state index is 0.0376. The number of non-ortho nitro benzene ring substituents is 1. The molecule has 0 spiro atoms. The van der Waals surface area contributed by atoms with Gasteiger partial charge in [0.25, 0.3) is 5.69 Å². The second kappa shape index (κ2) is 20.2. The highest BCUT2D eigenvalue weighted by molar-refractivity contribution is 5.81. The Labute approximate surface area is 277 Å². The molecule has 0 heterocycles. The Hall–Kier alpha value is -4.07. The molecule has 14 heteroatoms. The first-order valence-electron chi connectivity index (χ1n) is 16.1. The van der Waals surface area contributed by atoms with Crippen molar-refractivity contribution >= 4 is 35.3 Å². The van der Waals surface area contributed by atoms with E-state index in [1.165, 1.54) is 24.3 Å². The van der Waals surface area contributed by atoms with E-state index < -0.39 is 27.9 Å². The molecular weight excluding hydrogens is 610 g/mol. The number of nitrogens with one attached hydrogen (secondary N) is 4. The van der Waals surface area contributed by atoms with E-state index in [1.807, 2.05) is 41.5 Å². The Balaban J connectivity index is 3.06. The highest BCUT2D eigenvalue weighted by atomic mass is 16.6. The number of nitro groups is 1. The van der Waals surface area contributed by atoms with Gasteiger partial charge in [0, 0.05) is 81.1 Å². The summed E-state index contributed by atoms with van der Waals surface area (Å²) in [5.41, 5.74) is -1.73. The van der Waals surface area contributed by atoms with Gasteiger partial charge in [-0.25, -0.2) is 0 Å². The van der Waals surface area contributed by atoms with Crippen molar-refractivity contribution in [2.75, 3.05) is 13.7 Å². The van der Waals surface area contributed by atoms with E-state index in [9.17, 15) is 34.1 Å². The number of hydrogen-bond acceptors (Lipinski definition) is 9. The zero-order valence-electron chi connectivity index (χ0n) is 28.9. The Morgan fingerprint density at radius 2 is 1.23 bits per heavy atom. The molecule has 264 valence electrons. The Morgan fingerprint density at radius 3 is 1.70 bits per heavy atom. The third-order valence-electron chi connectivity index (χ3n) is 7.27. The summed E-state index contributed by atoms with van der Waals surface area (Å²) in [6.45, 7) is 11.6. The molecule has 0 saturated heterocycles. The summed E-state index contributed by atoms with van der Waals surface area (Å²) in [5, 5.41) is 22.5. The summed E-state index contributed by atoms with van der Waals surface area (Å²) in [6, 6.07) is 4.90. The van der Waals surface area contributed by atoms with E-state index in [-0.39, 0.29) is 99.0 Å². The maximum Gasteiger partial charge on any atom is 0.311 e. The first-order chi connectivity index (χ1) is 22.0. The first kappa shape index (κ1) is 41.0. The lowest BCUT2D eigenvalue weighted by molar-refractivity contribution is -0.384. The number of ether oxygens (including phenoxy) is 2. The highest BCUT2D eigenvalue weighted by Gasteiger charge is 2.34. The monoisotopic (exact) mass is 663 g/mol. The second-order valence-corrected chi connectivity index (χ2v) is 13.0. The number of nitrogens with zero attached hydrogens (tertiary/aromatic N) is 1. The Kier molecular flexibility index (Phi) is 17.6. The van der Waals surface area contributed by atoms with Crippen LogP contribution in [0.4, 0.5) is 5.69 Å². The first-order valence-corrected chi connectivity index (χ1v) is 16.1. The SMILES string of the molecule is COCCC(C)(C)NC(=O)CCC(CCC(=O)NC(C)C)(CCC(=O)NC(C)C)NC(=O)CCCC(=O)Oc1ccc([N+](=O)[O-])cc1. The van der Waals surface area contributed by atoms with Gasteiger partial charge in [-0.3, -0.25) is 34.1 Å². The Morgan fingerprint density at radius 1 is 0.745 bits per heavy atom. The summed E-state index contributed by atoms with van der Waals surface area (Å²) < 4.78 is 10.4. The average molecular weight is 664 g/mol. The number of amides is 4. The number of carbonyl (C=O) groups excluding carboxylic acids is 5. The number of hydrogen-bond donors (Lipinski definition) is 4. The van der Waals surface area contributed by atoms with E-state index in [0.717, 1.165) is 0 Å². The summed E-state index contributed by atoms with van der Waals surface area (Å²) in [5.74, 6) is -1.54. The normalized spacial score (nSPS) is 11.6. The summed E-state index contributed by atoms with van der Waals surface area (Å²) in [7, 11) is 1.59. The van der Waals surface area contributed by atoms with Gasteiger partial charge in [-0.2, -0.15) is 0 Å². The van der Waals surface area contributed by atoms with Crippen LogP contribution in [0.1, 0.15) is 106 Å². The third kappa shape index (κ3) is 18.0. The summed E-state index contributed by atoms with van der Waals surface area (Å²) in [4.78, 5) is 74.3. The molecule has 0 atom stereocenters. The second-order valence-electron chi connectivity index (χ2n) is 13.0. The number of benzene rings is 1. The molecule has 1 aromatic rings. The van der Waals surface area contributed by atoms with Gasteiger partial charge in [0.2, 0.25) is 23.6 Å². The van der Waals surface area contributed by atoms with Gasteiger partial charge >= 0.3 is 5.97 Å². The number of esters is 1. The molecule has 4 N–H and O–H groups in total. The molecular formula is C33H53N5O9. The van der Waals surface area contributed by atoms with E-state index in [1.54, 1.807) is 7.11 Å². The lowest BCUT2D eigenvalue weighted by Crippen LogP contribution is -2.51. The number of rotatable bonds is 22. The number of carbonyl (C=O) groups is 5. The summed E-state index contributed by atoms with van der Waals surface area (Å²) >= 11 is 0. The maximum atomic E-state index is 13.3. The molecule has 47 heavy (non-hydrogen) atoms. The zero-order chi connectivity index (χ0) is 35.6. The van der Waals surface area contributed by atoms with Crippen molar-refractivity contribution in [3.8, 4) is 5.75 Å². The summed E-state index contributed by atoms with van der Waals surface area (Å²) in [6.07, 6.45) is 1.31. The van der Waals surface area contributed by atoms with Crippen molar-refractivity contribution in [2.45, 2.75) is 129 Å². The van der Waals surface area contributed by atoms with Gasteiger partial charge in [0.15, 0.2) is 0 Å². The van der Waals surface area contributed by atoms with Crippen molar-refractivity contribution in [1.29, 1.82) is 0 Å². The topological polar surface area (TPSA) is 195 Å². The minimum atomic E-state index is -1.06. The van der Waals surface area contributed by atoms with Crippen molar-refractivity contribution in [1.82, 2.24) is 21.3 Å².